The van der Waals surface area contributed by atoms with Gasteiger partial charge in [0.15, 0.2) is 5.82 Å². The van der Waals surface area contributed by atoms with Gasteiger partial charge in [-0.2, -0.15) is 9.97 Å². The minimum atomic E-state index is 0. The van der Waals surface area contributed by atoms with E-state index in [9.17, 15) is 0 Å². The average molecular weight is 228 g/mol. The van der Waals surface area contributed by atoms with Crippen LogP contribution in [0.25, 0.3) is 0 Å². The standard InChI is InChI=1S/C5H9N5O.2ClH/c1-11-4-2(6)3(7)9-5(8)10-4;;/h6H2,1H3,(H4,7,8,9,10);2*1H. The van der Waals surface area contributed by atoms with Crippen LogP contribution >= 0.6 is 24.8 Å². The van der Waals surface area contributed by atoms with Gasteiger partial charge in [-0.25, -0.2) is 0 Å². The Bertz CT molecular complexity index is 282. The molecule has 1 rings (SSSR count). The molecule has 0 unspecified atom stereocenters. The van der Waals surface area contributed by atoms with Crippen molar-refractivity contribution in [2.75, 3.05) is 24.3 Å². The zero-order valence-corrected chi connectivity index (χ0v) is 8.48. The molecule has 76 valence electrons. The molecule has 6 nitrogen and oxygen atoms in total. The molecule has 1 aromatic heterocycles. The normalized spacial score (nSPS) is 8.08. The summed E-state index contributed by atoms with van der Waals surface area (Å²) >= 11 is 0. The summed E-state index contributed by atoms with van der Waals surface area (Å²) in [6.07, 6.45) is 0. The molecule has 1 heterocycles. The Hall–Kier alpha value is -1.14. The Kier molecular flexibility index (Phi) is 6.08. The number of ether oxygens (including phenoxy) is 1. The van der Waals surface area contributed by atoms with Crippen LogP contribution in [-0.2, 0) is 0 Å². The Morgan fingerprint density at radius 1 is 1.08 bits per heavy atom. The summed E-state index contributed by atoms with van der Waals surface area (Å²) < 4.78 is 4.77. The molecular formula is C5H11Cl2N5O. The number of nitrogen functional groups attached to an aromatic ring is 3. The summed E-state index contributed by atoms with van der Waals surface area (Å²) in [5, 5.41) is 0. The number of methoxy groups -OCH3 is 1. The van der Waals surface area contributed by atoms with Crippen molar-refractivity contribution in [3.05, 3.63) is 0 Å². The van der Waals surface area contributed by atoms with Crippen molar-refractivity contribution in [1.29, 1.82) is 0 Å². The van der Waals surface area contributed by atoms with E-state index in [0.717, 1.165) is 0 Å². The average Bonchev–Trinajstić information content (AvgIpc) is 1.96. The Balaban J connectivity index is 0. The molecule has 0 saturated carbocycles. The van der Waals surface area contributed by atoms with Crippen molar-refractivity contribution < 1.29 is 4.74 Å². The topological polar surface area (TPSA) is 113 Å². The van der Waals surface area contributed by atoms with E-state index in [0.29, 0.717) is 0 Å². The van der Waals surface area contributed by atoms with Crippen LogP contribution in [0.3, 0.4) is 0 Å². The molecule has 0 aliphatic rings. The van der Waals surface area contributed by atoms with Gasteiger partial charge in [-0.1, -0.05) is 0 Å². The third kappa shape index (κ3) is 3.00. The van der Waals surface area contributed by atoms with Gasteiger partial charge in [-0.3, -0.25) is 0 Å². The van der Waals surface area contributed by atoms with Crippen LogP contribution in [0.15, 0.2) is 0 Å². The second kappa shape index (κ2) is 5.50. The van der Waals surface area contributed by atoms with Gasteiger partial charge in [0.25, 0.3) is 0 Å². The molecule has 0 atom stereocenters. The van der Waals surface area contributed by atoms with Crippen molar-refractivity contribution in [2.45, 2.75) is 0 Å². The molecule has 0 radical (unpaired) electrons. The first kappa shape index (κ1) is 14.4. The van der Waals surface area contributed by atoms with E-state index in [1.165, 1.54) is 7.11 Å². The molecule has 0 bridgehead atoms. The maximum atomic E-state index is 5.43. The number of hydrogen-bond donors (Lipinski definition) is 3. The third-order valence-electron chi connectivity index (χ3n) is 1.15. The SMILES string of the molecule is COc1nc(N)nc(N)c1N.Cl.Cl. The number of anilines is 3. The smallest absolute Gasteiger partial charge is 0.244 e. The number of nitrogens with zero attached hydrogens (tertiary/aromatic N) is 2. The van der Waals surface area contributed by atoms with E-state index in [-0.39, 0.29) is 48.1 Å². The summed E-state index contributed by atoms with van der Waals surface area (Å²) in [6, 6.07) is 0. The lowest BCUT2D eigenvalue weighted by molar-refractivity contribution is 0.400. The van der Waals surface area contributed by atoms with Gasteiger partial charge in [-0.05, 0) is 0 Å². The van der Waals surface area contributed by atoms with Crippen molar-refractivity contribution >= 4 is 42.3 Å². The number of rotatable bonds is 1. The molecule has 13 heavy (non-hydrogen) atoms. The zero-order valence-electron chi connectivity index (χ0n) is 6.85. The fourth-order valence-electron chi connectivity index (χ4n) is 0.638. The fraction of sp³-hybridized carbons (Fsp3) is 0.200. The van der Waals surface area contributed by atoms with Gasteiger partial charge in [0.2, 0.25) is 11.8 Å². The minimum absolute atomic E-state index is 0. The van der Waals surface area contributed by atoms with E-state index in [1.54, 1.807) is 0 Å². The van der Waals surface area contributed by atoms with Crippen molar-refractivity contribution in [3.8, 4) is 5.88 Å². The fourth-order valence-corrected chi connectivity index (χ4v) is 0.638. The molecule has 0 aromatic carbocycles. The van der Waals surface area contributed by atoms with Gasteiger partial charge in [0.1, 0.15) is 5.69 Å². The van der Waals surface area contributed by atoms with Crippen molar-refractivity contribution in [2.24, 2.45) is 0 Å². The quantitative estimate of drug-likeness (QED) is 0.627. The Morgan fingerprint density at radius 2 is 1.62 bits per heavy atom. The predicted molar refractivity (Wildman–Crippen MR) is 56.3 cm³/mol. The highest BCUT2D eigenvalue weighted by Crippen LogP contribution is 2.23. The van der Waals surface area contributed by atoms with E-state index in [4.69, 9.17) is 21.9 Å². The molecule has 0 amide bonds. The molecule has 0 spiro atoms. The summed E-state index contributed by atoms with van der Waals surface area (Å²) in [5.74, 6) is 0.387. The van der Waals surface area contributed by atoms with E-state index >= 15 is 0 Å². The maximum absolute atomic E-state index is 5.43. The van der Waals surface area contributed by atoms with Crippen molar-refractivity contribution in [3.63, 3.8) is 0 Å². The van der Waals surface area contributed by atoms with Crippen LogP contribution in [0.2, 0.25) is 0 Å². The van der Waals surface area contributed by atoms with E-state index < -0.39 is 0 Å². The molecule has 6 N–H and O–H groups in total. The van der Waals surface area contributed by atoms with Crippen LogP contribution in [0.1, 0.15) is 0 Å². The van der Waals surface area contributed by atoms with Crippen LogP contribution in [0, 0.1) is 0 Å². The third-order valence-corrected chi connectivity index (χ3v) is 1.15. The van der Waals surface area contributed by atoms with E-state index in [2.05, 4.69) is 9.97 Å². The Labute approximate surface area is 87.7 Å². The molecule has 8 heteroatoms. The zero-order chi connectivity index (χ0) is 8.43. The molecule has 0 aliphatic carbocycles. The highest BCUT2D eigenvalue weighted by molar-refractivity contribution is 5.85. The first-order chi connectivity index (χ1) is 5.15. The second-order valence-electron chi connectivity index (χ2n) is 1.89. The van der Waals surface area contributed by atoms with E-state index in [1.807, 2.05) is 0 Å². The van der Waals surface area contributed by atoms with Crippen LogP contribution in [0.5, 0.6) is 5.88 Å². The van der Waals surface area contributed by atoms with Gasteiger partial charge in [-0.15, -0.1) is 24.8 Å². The highest BCUT2D eigenvalue weighted by Gasteiger charge is 2.06. The van der Waals surface area contributed by atoms with Crippen LogP contribution in [-0.4, -0.2) is 17.1 Å². The lowest BCUT2D eigenvalue weighted by atomic mass is 10.5. The van der Waals surface area contributed by atoms with Crippen LogP contribution in [0.4, 0.5) is 17.5 Å². The van der Waals surface area contributed by atoms with Gasteiger partial charge < -0.3 is 21.9 Å². The summed E-state index contributed by atoms with van der Waals surface area (Å²) in [4.78, 5) is 7.31. The van der Waals surface area contributed by atoms with Gasteiger partial charge >= 0.3 is 0 Å². The second-order valence-corrected chi connectivity index (χ2v) is 1.89. The Morgan fingerprint density at radius 3 is 2.08 bits per heavy atom. The summed E-state index contributed by atoms with van der Waals surface area (Å²) in [6.45, 7) is 0. The largest absolute Gasteiger partial charge is 0.479 e. The minimum Gasteiger partial charge on any atom is -0.479 e. The lowest BCUT2D eigenvalue weighted by Gasteiger charge is -2.04. The summed E-state index contributed by atoms with van der Waals surface area (Å²) in [5.41, 5.74) is 16.3. The molecular weight excluding hydrogens is 217 g/mol. The highest BCUT2D eigenvalue weighted by atomic mass is 35.5. The number of hydrogen-bond acceptors (Lipinski definition) is 6. The molecule has 1 aromatic rings. The predicted octanol–water partition coefficient (Wildman–Crippen LogP) is 0.0754. The number of nitrogens with two attached hydrogens (primary N) is 3. The number of aromatic nitrogens is 2. The first-order valence-electron chi connectivity index (χ1n) is 2.87. The molecule has 0 aliphatic heterocycles. The first-order valence-corrected chi connectivity index (χ1v) is 2.87. The monoisotopic (exact) mass is 227 g/mol. The van der Waals surface area contributed by atoms with Crippen molar-refractivity contribution in [1.82, 2.24) is 9.97 Å². The summed E-state index contributed by atoms with van der Waals surface area (Å²) in [7, 11) is 1.43. The number of halogens is 2. The maximum Gasteiger partial charge on any atom is 0.244 e. The van der Waals surface area contributed by atoms with Crippen LogP contribution < -0.4 is 21.9 Å². The van der Waals surface area contributed by atoms with Gasteiger partial charge in [0, 0.05) is 0 Å². The molecule has 0 fully saturated rings. The van der Waals surface area contributed by atoms with Gasteiger partial charge in [0.05, 0.1) is 7.11 Å². The lowest BCUT2D eigenvalue weighted by Crippen LogP contribution is -2.06. The molecule has 0 saturated heterocycles.